The van der Waals surface area contributed by atoms with E-state index in [9.17, 15) is 22.7 Å². The third-order valence-corrected chi connectivity index (χ3v) is 5.57. The molecule has 5 rings (SSSR count). The number of pyridine rings is 1. The first-order chi connectivity index (χ1) is 13.6. The molecule has 10 heteroatoms. The van der Waals surface area contributed by atoms with Gasteiger partial charge in [-0.2, -0.15) is 13.2 Å². The lowest BCUT2D eigenvalue weighted by molar-refractivity contribution is -0.141. The predicted molar refractivity (Wildman–Crippen MR) is 98.2 cm³/mol. The monoisotopic (exact) mass is 431 g/mol. The van der Waals surface area contributed by atoms with Crippen LogP contribution in [0.1, 0.15) is 25.0 Å². The minimum atomic E-state index is -4.46. The van der Waals surface area contributed by atoms with Crippen LogP contribution in [-0.4, -0.2) is 34.0 Å². The number of nitrogens with zero attached hydrogens (tertiary/aromatic N) is 1. The number of rotatable bonds is 7. The number of benzene rings is 1. The Bertz CT molecular complexity index is 888. The van der Waals surface area contributed by atoms with Crippen LogP contribution < -0.4 is 15.4 Å². The highest BCUT2D eigenvalue weighted by molar-refractivity contribution is 6.30. The third kappa shape index (κ3) is 4.12. The predicted octanol–water partition coefficient (Wildman–Crippen LogP) is 3.97. The number of aromatic nitrogens is 1. The zero-order valence-electron chi connectivity index (χ0n) is 15.1. The van der Waals surface area contributed by atoms with Gasteiger partial charge < -0.3 is 15.2 Å². The van der Waals surface area contributed by atoms with E-state index in [1.807, 2.05) is 0 Å². The SMILES string of the molecule is OC(COc1ccc(Cl)c(F)c1)NC12CC(Nc3ccc(C(F)(F)F)nc3)(C1)C2. The smallest absolute Gasteiger partial charge is 0.433 e. The van der Waals surface area contributed by atoms with Crippen molar-refractivity contribution in [2.45, 2.75) is 42.7 Å². The van der Waals surface area contributed by atoms with Crippen molar-refractivity contribution >= 4 is 17.3 Å². The van der Waals surface area contributed by atoms with Gasteiger partial charge in [0.05, 0.1) is 16.9 Å². The largest absolute Gasteiger partial charge is 0.489 e. The fourth-order valence-corrected chi connectivity index (χ4v) is 4.27. The van der Waals surface area contributed by atoms with E-state index in [2.05, 4.69) is 15.6 Å². The summed E-state index contributed by atoms with van der Waals surface area (Å²) in [4.78, 5) is 3.45. The van der Waals surface area contributed by atoms with Gasteiger partial charge in [-0.05, 0) is 43.5 Å². The number of anilines is 1. The summed E-state index contributed by atoms with van der Waals surface area (Å²) in [5, 5.41) is 16.5. The summed E-state index contributed by atoms with van der Waals surface area (Å²) < 4.78 is 56.5. The molecule has 3 N–H and O–H groups in total. The fourth-order valence-electron chi connectivity index (χ4n) is 4.15. The van der Waals surface area contributed by atoms with Crippen molar-refractivity contribution in [1.29, 1.82) is 0 Å². The van der Waals surface area contributed by atoms with Gasteiger partial charge in [0.2, 0.25) is 0 Å². The average Bonchev–Trinajstić information content (AvgIpc) is 2.59. The first kappa shape index (κ1) is 20.2. The Balaban J connectivity index is 1.24. The molecule has 29 heavy (non-hydrogen) atoms. The van der Waals surface area contributed by atoms with E-state index in [-0.39, 0.29) is 28.5 Å². The summed E-state index contributed by atoms with van der Waals surface area (Å²) >= 11 is 5.61. The van der Waals surface area contributed by atoms with Crippen molar-refractivity contribution in [2.75, 3.05) is 11.9 Å². The first-order valence-corrected chi connectivity index (χ1v) is 9.31. The van der Waals surface area contributed by atoms with Crippen LogP contribution >= 0.6 is 11.6 Å². The minimum Gasteiger partial charge on any atom is -0.489 e. The fraction of sp³-hybridized carbons (Fsp3) is 0.421. The van der Waals surface area contributed by atoms with Crippen LogP contribution in [0.3, 0.4) is 0 Å². The molecule has 0 aliphatic heterocycles. The standard InChI is InChI=1S/C19H18ClF4N3O2/c20-13-3-2-12(5-14(13)21)29-7-16(28)27-18-8-17(9-18,10-18)26-11-1-4-15(25-6-11)19(22,23)24/h1-6,16,26-28H,7-10H2. The van der Waals surface area contributed by atoms with Crippen molar-refractivity contribution in [3.8, 4) is 5.75 Å². The van der Waals surface area contributed by atoms with Crippen molar-refractivity contribution < 1.29 is 27.4 Å². The first-order valence-electron chi connectivity index (χ1n) is 8.93. The van der Waals surface area contributed by atoms with Crippen LogP contribution in [-0.2, 0) is 6.18 Å². The van der Waals surface area contributed by atoms with Gasteiger partial charge in [-0.15, -0.1) is 0 Å². The van der Waals surface area contributed by atoms with E-state index in [1.165, 1.54) is 24.4 Å². The maximum atomic E-state index is 13.4. The number of aliphatic hydroxyl groups is 1. The van der Waals surface area contributed by atoms with E-state index in [4.69, 9.17) is 16.3 Å². The molecular weight excluding hydrogens is 414 g/mol. The van der Waals surface area contributed by atoms with Crippen LogP contribution in [0.2, 0.25) is 5.02 Å². The summed E-state index contributed by atoms with van der Waals surface area (Å²) in [7, 11) is 0. The van der Waals surface area contributed by atoms with E-state index in [0.29, 0.717) is 24.9 Å². The molecule has 0 saturated heterocycles. The van der Waals surface area contributed by atoms with E-state index in [1.54, 1.807) is 0 Å². The summed E-state index contributed by atoms with van der Waals surface area (Å²) in [6, 6.07) is 6.34. The van der Waals surface area contributed by atoms with Gasteiger partial charge in [0, 0.05) is 17.1 Å². The molecule has 3 fully saturated rings. The second-order valence-corrected chi connectivity index (χ2v) is 8.10. The van der Waals surface area contributed by atoms with Crippen molar-refractivity contribution in [3.05, 3.63) is 53.1 Å². The molecule has 1 aromatic carbocycles. The molecule has 1 unspecified atom stereocenters. The molecule has 1 atom stereocenters. The summed E-state index contributed by atoms with van der Waals surface area (Å²) in [5.74, 6) is -0.338. The summed E-state index contributed by atoms with van der Waals surface area (Å²) in [6.45, 7) is -0.0634. The van der Waals surface area contributed by atoms with E-state index >= 15 is 0 Å². The van der Waals surface area contributed by atoms with Crippen LogP contribution in [0.25, 0.3) is 0 Å². The molecule has 2 aromatic rings. The maximum absolute atomic E-state index is 13.4. The van der Waals surface area contributed by atoms with E-state index in [0.717, 1.165) is 12.1 Å². The molecule has 0 spiro atoms. The molecule has 0 radical (unpaired) electrons. The highest BCUT2D eigenvalue weighted by Gasteiger charge is 2.68. The summed E-state index contributed by atoms with van der Waals surface area (Å²) in [6.07, 6.45) is -2.08. The molecule has 0 amide bonds. The Morgan fingerprint density at radius 2 is 1.90 bits per heavy atom. The highest BCUT2D eigenvalue weighted by atomic mass is 35.5. The van der Waals surface area contributed by atoms with Gasteiger partial charge in [-0.3, -0.25) is 5.32 Å². The van der Waals surface area contributed by atoms with Crippen LogP contribution in [0.15, 0.2) is 36.5 Å². The molecule has 3 saturated carbocycles. The Hall–Kier alpha value is -2.10. The highest BCUT2D eigenvalue weighted by Crippen LogP contribution is 2.61. The Morgan fingerprint density at radius 1 is 1.17 bits per heavy atom. The molecule has 156 valence electrons. The zero-order chi connectivity index (χ0) is 20.9. The number of halogens is 5. The second-order valence-electron chi connectivity index (χ2n) is 7.69. The average molecular weight is 432 g/mol. The normalized spacial score (nSPS) is 26.3. The van der Waals surface area contributed by atoms with Gasteiger partial charge in [-0.1, -0.05) is 11.6 Å². The molecule has 5 nitrogen and oxygen atoms in total. The van der Waals surface area contributed by atoms with Gasteiger partial charge >= 0.3 is 6.18 Å². The van der Waals surface area contributed by atoms with Crippen LogP contribution in [0.4, 0.5) is 23.2 Å². The summed E-state index contributed by atoms with van der Waals surface area (Å²) in [5.41, 5.74) is -0.836. The Labute approximate surface area is 169 Å². The molecule has 2 bridgehead atoms. The second kappa shape index (κ2) is 7.00. The third-order valence-electron chi connectivity index (χ3n) is 5.27. The van der Waals surface area contributed by atoms with E-state index < -0.39 is 23.9 Å². The van der Waals surface area contributed by atoms with Crippen molar-refractivity contribution in [1.82, 2.24) is 10.3 Å². The lowest BCUT2D eigenvalue weighted by atomic mass is 9.44. The molecule has 3 aliphatic carbocycles. The Kier molecular flexibility index (Phi) is 4.87. The molecule has 1 aromatic heterocycles. The molecule has 3 aliphatic rings. The number of nitrogens with one attached hydrogen (secondary N) is 2. The van der Waals surface area contributed by atoms with Crippen LogP contribution in [0, 0.1) is 5.82 Å². The minimum absolute atomic E-state index is 0.00839. The Morgan fingerprint density at radius 3 is 2.48 bits per heavy atom. The van der Waals surface area contributed by atoms with Gasteiger partial charge in [-0.25, -0.2) is 9.37 Å². The lowest BCUT2D eigenvalue weighted by Crippen LogP contribution is -2.82. The van der Waals surface area contributed by atoms with Crippen LogP contribution in [0.5, 0.6) is 5.75 Å². The maximum Gasteiger partial charge on any atom is 0.433 e. The topological polar surface area (TPSA) is 66.4 Å². The number of aliphatic hydroxyl groups excluding tert-OH is 1. The van der Waals surface area contributed by atoms with Crippen molar-refractivity contribution in [2.24, 2.45) is 0 Å². The number of alkyl halides is 3. The number of ether oxygens (including phenoxy) is 1. The number of hydrogen-bond acceptors (Lipinski definition) is 5. The molecular formula is C19H18ClF4N3O2. The number of hydrogen-bond donors (Lipinski definition) is 3. The quantitative estimate of drug-likeness (QED) is 0.457. The van der Waals surface area contributed by atoms with Gasteiger partial charge in [0.25, 0.3) is 0 Å². The van der Waals surface area contributed by atoms with Crippen molar-refractivity contribution in [3.63, 3.8) is 0 Å². The van der Waals surface area contributed by atoms with Gasteiger partial charge in [0.15, 0.2) is 0 Å². The molecule has 1 heterocycles. The van der Waals surface area contributed by atoms with Gasteiger partial charge in [0.1, 0.15) is 30.1 Å². The lowest BCUT2D eigenvalue weighted by Gasteiger charge is -2.71. The zero-order valence-corrected chi connectivity index (χ0v) is 15.8.